The van der Waals surface area contributed by atoms with E-state index >= 15 is 0 Å². The van der Waals surface area contributed by atoms with Gasteiger partial charge in [0.05, 0.1) is 31.7 Å². The molecule has 2 rings (SSSR count). The van der Waals surface area contributed by atoms with Crippen molar-refractivity contribution in [2.75, 3.05) is 38.3 Å². The van der Waals surface area contributed by atoms with Gasteiger partial charge in [-0.15, -0.1) is 0 Å². The Balaban J connectivity index is 2.03. The molecule has 1 saturated heterocycles. The molecular formula is C10H14ClN3O2. The van der Waals surface area contributed by atoms with Gasteiger partial charge in [-0.1, -0.05) is 11.6 Å². The van der Waals surface area contributed by atoms with Gasteiger partial charge in [0.1, 0.15) is 11.0 Å². The number of rotatable bonds is 3. The molecule has 0 amide bonds. The van der Waals surface area contributed by atoms with Crippen LogP contribution in [0.1, 0.15) is 0 Å². The van der Waals surface area contributed by atoms with Crippen molar-refractivity contribution in [3.63, 3.8) is 0 Å². The fourth-order valence-corrected chi connectivity index (χ4v) is 1.84. The average molecular weight is 244 g/mol. The van der Waals surface area contributed by atoms with Crippen molar-refractivity contribution in [1.29, 1.82) is 0 Å². The highest BCUT2D eigenvalue weighted by atomic mass is 35.5. The van der Waals surface area contributed by atoms with Crippen molar-refractivity contribution in [1.82, 2.24) is 9.97 Å². The monoisotopic (exact) mass is 243 g/mol. The fourth-order valence-electron chi connectivity index (χ4n) is 1.70. The number of halogens is 1. The molecule has 0 radical (unpaired) electrons. The second kappa shape index (κ2) is 5.43. The first kappa shape index (κ1) is 11.6. The second-order valence-corrected chi connectivity index (χ2v) is 3.98. The highest BCUT2D eigenvalue weighted by molar-refractivity contribution is 6.29. The Labute approximate surface area is 99.3 Å². The van der Waals surface area contributed by atoms with E-state index in [-0.39, 0.29) is 6.10 Å². The summed E-state index contributed by atoms with van der Waals surface area (Å²) in [5.41, 5.74) is 0. The van der Waals surface area contributed by atoms with Gasteiger partial charge in [0, 0.05) is 20.2 Å². The van der Waals surface area contributed by atoms with Gasteiger partial charge in [-0.2, -0.15) is 0 Å². The molecule has 16 heavy (non-hydrogen) atoms. The summed E-state index contributed by atoms with van der Waals surface area (Å²) in [7, 11) is 1.67. The molecule has 88 valence electrons. The van der Waals surface area contributed by atoms with E-state index in [9.17, 15) is 0 Å². The lowest BCUT2D eigenvalue weighted by Crippen LogP contribution is -2.44. The predicted molar refractivity (Wildman–Crippen MR) is 60.9 cm³/mol. The van der Waals surface area contributed by atoms with E-state index < -0.39 is 0 Å². The van der Waals surface area contributed by atoms with Crippen LogP contribution in [0.5, 0.6) is 0 Å². The molecule has 1 atom stereocenters. The molecule has 5 nitrogen and oxygen atoms in total. The minimum absolute atomic E-state index is 0.0829. The molecule has 0 N–H and O–H groups in total. The third-order valence-electron chi connectivity index (χ3n) is 2.41. The molecule has 0 spiro atoms. The predicted octanol–water partition coefficient (Wildman–Crippen LogP) is 0.982. The molecule has 1 fully saturated rings. The maximum atomic E-state index is 5.81. The summed E-state index contributed by atoms with van der Waals surface area (Å²) in [6, 6.07) is 0. The molecule has 0 saturated carbocycles. The number of hydrogen-bond acceptors (Lipinski definition) is 5. The normalized spacial score (nSPS) is 21.1. The molecule has 1 aliphatic rings. The maximum absolute atomic E-state index is 5.81. The fraction of sp³-hybridized carbons (Fsp3) is 0.600. The van der Waals surface area contributed by atoms with Crippen LogP contribution in [0.15, 0.2) is 12.4 Å². The summed E-state index contributed by atoms with van der Waals surface area (Å²) in [6.45, 7) is 2.81. The first-order valence-corrected chi connectivity index (χ1v) is 5.50. The van der Waals surface area contributed by atoms with Crippen molar-refractivity contribution in [3.05, 3.63) is 17.5 Å². The van der Waals surface area contributed by atoms with Crippen LogP contribution in [-0.2, 0) is 9.47 Å². The first-order valence-electron chi connectivity index (χ1n) is 5.12. The molecule has 0 unspecified atom stereocenters. The van der Waals surface area contributed by atoms with Crippen molar-refractivity contribution >= 4 is 17.4 Å². The zero-order valence-corrected chi connectivity index (χ0v) is 9.85. The quantitative estimate of drug-likeness (QED) is 0.792. The van der Waals surface area contributed by atoms with Crippen LogP contribution >= 0.6 is 11.6 Å². The van der Waals surface area contributed by atoms with E-state index in [2.05, 4.69) is 14.9 Å². The summed E-state index contributed by atoms with van der Waals surface area (Å²) in [6.07, 6.45) is 3.32. The van der Waals surface area contributed by atoms with Crippen LogP contribution in [0, 0.1) is 0 Å². The number of methoxy groups -OCH3 is 1. The van der Waals surface area contributed by atoms with Crippen molar-refractivity contribution < 1.29 is 9.47 Å². The van der Waals surface area contributed by atoms with Gasteiger partial charge in [0.25, 0.3) is 0 Å². The van der Waals surface area contributed by atoms with Crippen molar-refractivity contribution in [2.24, 2.45) is 0 Å². The molecule has 1 aromatic rings. The van der Waals surface area contributed by atoms with Gasteiger partial charge in [-0.3, -0.25) is 4.98 Å². The van der Waals surface area contributed by atoms with Gasteiger partial charge in [-0.25, -0.2) is 4.98 Å². The van der Waals surface area contributed by atoms with Crippen molar-refractivity contribution in [2.45, 2.75) is 6.10 Å². The molecule has 1 aliphatic heterocycles. The van der Waals surface area contributed by atoms with Crippen LogP contribution in [0.25, 0.3) is 0 Å². The number of ether oxygens (including phenoxy) is 2. The van der Waals surface area contributed by atoms with Gasteiger partial charge in [-0.05, 0) is 0 Å². The van der Waals surface area contributed by atoms with Gasteiger partial charge in [0.15, 0.2) is 0 Å². The third kappa shape index (κ3) is 2.81. The van der Waals surface area contributed by atoms with E-state index in [1.807, 2.05) is 0 Å². The first-order chi connectivity index (χ1) is 7.79. The Morgan fingerprint density at radius 3 is 3.25 bits per heavy atom. The van der Waals surface area contributed by atoms with E-state index in [0.717, 1.165) is 18.9 Å². The van der Waals surface area contributed by atoms with E-state index in [1.54, 1.807) is 13.3 Å². The molecule has 0 aliphatic carbocycles. The van der Waals surface area contributed by atoms with Crippen molar-refractivity contribution in [3.8, 4) is 0 Å². The SMILES string of the molecule is COC[C@H]1CN(c2cncc(Cl)n2)CCO1. The Morgan fingerprint density at radius 2 is 2.50 bits per heavy atom. The molecular weight excluding hydrogens is 230 g/mol. The van der Waals surface area contributed by atoms with Crippen LogP contribution in [-0.4, -0.2) is 49.5 Å². The van der Waals surface area contributed by atoms with E-state index in [4.69, 9.17) is 21.1 Å². The number of morpholine rings is 1. The summed E-state index contributed by atoms with van der Waals surface area (Å²) < 4.78 is 10.6. The number of hydrogen-bond donors (Lipinski definition) is 0. The topological polar surface area (TPSA) is 47.5 Å². The average Bonchev–Trinajstić information content (AvgIpc) is 2.30. The van der Waals surface area contributed by atoms with E-state index in [1.165, 1.54) is 6.20 Å². The lowest BCUT2D eigenvalue weighted by Gasteiger charge is -2.33. The Morgan fingerprint density at radius 1 is 1.62 bits per heavy atom. The smallest absolute Gasteiger partial charge is 0.149 e. The van der Waals surface area contributed by atoms with Crippen LogP contribution in [0.4, 0.5) is 5.82 Å². The lowest BCUT2D eigenvalue weighted by atomic mass is 10.3. The highest BCUT2D eigenvalue weighted by Gasteiger charge is 2.21. The summed E-state index contributed by atoms with van der Waals surface area (Å²) in [5.74, 6) is 0.789. The highest BCUT2D eigenvalue weighted by Crippen LogP contribution is 2.16. The van der Waals surface area contributed by atoms with Gasteiger partial charge in [0.2, 0.25) is 0 Å². The van der Waals surface area contributed by atoms with Crippen LogP contribution < -0.4 is 4.90 Å². The largest absolute Gasteiger partial charge is 0.382 e. The van der Waals surface area contributed by atoms with Crippen LogP contribution in [0.2, 0.25) is 5.15 Å². The Kier molecular flexibility index (Phi) is 3.93. The number of anilines is 1. The standard InChI is InChI=1S/C10H14ClN3O2/c1-15-7-8-6-14(2-3-16-8)10-5-12-4-9(11)13-10/h4-5,8H,2-3,6-7H2,1H3/t8-/m1/s1. The number of nitrogens with zero attached hydrogens (tertiary/aromatic N) is 3. The number of aromatic nitrogens is 2. The third-order valence-corrected chi connectivity index (χ3v) is 2.59. The zero-order valence-electron chi connectivity index (χ0n) is 9.10. The molecule has 2 heterocycles. The Hall–Kier alpha value is -0.910. The van der Waals surface area contributed by atoms with Gasteiger partial charge >= 0.3 is 0 Å². The second-order valence-electron chi connectivity index (χ2n) is 3.59. The molecule has 0 bridgehead atoms. The lowest BCUT2D eigenvalue weighted by molar-refractivity contribution is -0.0102. The molecule has 0 aromatic carbocycles. The minimum Gasteiger partial charge on any atom is -0.382 e. The molecule has 6 heteroatoms. The van der Waals surface area contributed by atoms with Gasteiger partial charge < -0.3 is 14.4 Å². The summed E-state index contributed by atoms with van der Waals surface area (Å²) in [5, 5.41) is 0.410. The summed E-state index contributed by atoms with van der Waals surface area (Å²) in [4.78, 5) is 10.3. The molecule has 1 aromatic heterocycles. The zero-order chi connectivity index (χ0) is 11.4. The summed E-state index contributed by atoms with van der Waals surface area (Å²) >= 11 is 5.81. The Bertz CT molecular complexity index is 349. The minimum atomic E-state index is 0.0829. The van der Waals surface area contributed by atoms with Crippen LogP contribution in [0.3, 0.4) is 0 Å². The maximum Gasteiger partial charge on any atom is 0.149 e. The van der Waals surface area contributed by atoms with E-state index in [0.29, 0.717) is 18.4 Å².